The first-order valence-corrected chi connectivity index (χ1v) is 7.53. The molecule has 0 spiro atoms. The minimum Gasteiger partial charge on any atom is -0.495 e. The summed E-state index contributed by atoms with van der Waals surface area (Å²) in [7, 11) is 1.54. The van der Waals surface area contributed by atoms with Crippen LogP contribution in [-0.4, -0.2) is 25.7 Å². The lowest BCUT2D eigenvalue weighted by molar-refractivity contribution is -0.116. The average Bonchev–Trinajstić information content (AvgIpc) is 2.56. The Bertz CT molecular complexity index is 701. The van der Waals surface area contributed by atoms with E-state index in [2.05, 4.69) is 10.6 Å². The van der Waals surface area contributed by atoms with Crippen molar-refractivity contribution >= 4 is 17.7 Å². The molecule has 0 atom stereocenters. The summed E-state index contributed by atoms with van der Waals surface area (Å²) in [5.41, 5.74) is 1.62. The van der Waals surface area contributed by atoms with Crippen molar-refractivity contribution in [3.05, 3.63) is 54.1 Å². The predicted molar refractivity (Wildman–Crippen MR) is 91.4 cm³/mol. The van der Waals surface area contributed by atoms with Crippen molar-refractivity contribution in [1.82, 2.24) is 5.32 Å². The van der Waals surface area contributed by atoms with Gasteiger partial charge in [-0.3, -0.25) is 4.79 Å². The number of hydrogen-bond donors (Lipinski definition) is 2. The number of carbonyl (C=O) groups excluding carboxylic acids is 2. The van der Waals surface area contributed by atoms with Gasteiger partial charge in [0.05, 0.1) is 12.8 Å². The van der Waals surface area contributed by atoms with E-state index in [1.54, 1.807) is 37.4 Å². The standard InChI is InChI=1S/C18H20N2O4/c1-13-8-9-16(23-2)15(12-13)20-17(21)10-11-19-18(22)24-14-6-4-3-5-7-14/h3-9,12H,10-11H2,1-2H3,(H,19,22)(H,20,21). The van der Waals surface area contributed by atoms with Crippen LogP contribution in [0.3, 0.4) is 0 Å². The summed E-state index contributed by atoms with van der Waals surface area (Å²) in [5, 5.41) is 5.30. The molecule has 2 aromatic rings. The summed E-state index contributed by atoms with van der Waals surface area (Å²) < 4.78 is 10.3. The van der Waals surface area contributed by atoms with Crippen LogP contribution in [0.5, 0.6) is 11.5 Å². The Kier molecular flexibility index (Phi) is 6.19. The van der Waals surface area contributed by atoms with Gasteiger partial charge in [-0.05, 0) is 36.8 Å². The summed E-state index contributed by atoms with van der Waals surface area (Å²) in [6, 6.07) is 14.2. The van der Waals surface area contributed by atoms with Crippen LogP contribution in [0.15, 0.2) is 48.5 Å². The fourth-order valence-electron chi connectivity index (χ4n) is 2.04. The van der Waals surface area contributed by atoms with E-state index in [-0.39, 0.29) is 18.9 Å². The molecule has 0 saturated carbocycles. The molecule has 2 N–H and O–H groups in total. The Morgan fingerprint density at radius 2 is 1.83 bits per heavy atom. The summed E-state index contributed by atoms with van der Waals surface area (Å²) in [4.78, 5) is 23.6. The van der Waals surface area contributed by atoms with Gasteiger partial charge in [0.25, 0.3) is 0 Å². The maximum Gasteiger partial charge on any atom is 0.412 e. The molecule has 0 radical (unpaired) electrons. The van der Waals surface area contributed by atoms with Gasteiger partial charge in [-0.25, -0.2) is 4.79 Å². The fourth-order valence-corrected chi connectivity index (χ4v) is 2.04. The Morgan fingerprint density at radius 3 is 2.54 bits per heavy atom. The van der Waals surface area contributed by atoms with Crippen molar-refractivity contribution in [2.24, 2.45) is 0 Å². The second-order valence-electron chi connectivity index (χ2n) is 5.13. The molecule has 2 rings (SSSR count). The van der Waals surface area contributed by atoms with Crippen molar-refractivity contribution in [2.45, 2.75) is 13.3 Å². The van der Waals surface area contributed by atoms with E-state index in [9.17, 15) is 9.59 Å². The minimum absolute atomic E-state index is 0.126. The molecule has 0 fully saturated rings. The summed E-state index contributed by atoms with van der Waals surface area (Å²) in [5.74, 6) is 0.813. The molecule has 0 aliphatic carbocycles. The summed E-state index contributed by atoms with van der Waals surface area (Å²) >= 11 is 0. The molecule has 6 nitrogen and oxygen atoms in total. The highest BCUT2D eigenvalue weighted by molar-refractivity contribution is 5.92. The Labute approximate surface area is 140 Å². The molecule has 0 unspecified atom stereocenters. The molecular formula is C18H20N2O4. The van der Waals surface area contributed by atoms with E-state index in [0.717, 1.165) is 5.56 Å². The number of carbonyl (C=O) groups is 2. The molecule has 6 heteroatoms. The van der Waals surface area contributed by atoms with E-state index < -0.39 is 6.09 Å². The van der Waals surface area contributed by atoms with Crippen LogP contribution in [0.25, 0.3) is 0 Å². The third-order valence-electron chi connectivity index (χ3n) is 3.20. The molecule has 0 aliphatic heterocycles. The maximum absolute atomic E-state index is 12.0. The first kappa shape index (κ1) is 17.3. The molecule has 2 amide bonds. The van der Waals surface area contributed by atoms with Gasteiger partial charge in [-0.1, -0.05) is 24.3 Å². The smallest absolute Gasteiger partial charge is 0.412 e. The highest BCUT2D eigenvalue weighted by Crippen LogP contribution is 2.25. The zero-order valence-electron chi connectivity index (χ0n) is 13.7. The number of nitrogens with one attached hydrogen (secondary N) is 2. The molecule has 0 heterocycles. The zero-order valence-corrected chi connectivity index (χ0v) is 13.7. The lowest BCUT2D eigenvalue weighted by Crippen LogP contribution is -2.30. The summed E-state index contributed by atoms with van der Waals surface area (Å²) in [6.45, 7) is 2.10. The van der Waals surface area contributed by atoms with Gasteiger partial charge in [0.15, 0.2) is 0 Å². The zero-order chi connectivity index (χ0) is 17.4. The van der Waals surface area contributed by atoms with Gasteiger partial charge in [-0.2, -0.15) is 0 Å². The van der Waals surface area contributed by atoms with E-state index in [1.807, 2.05) is 25.1 Å². The van der Waals surface area contributed by atoms with Gasteiger partial charge >= 0.3 is 6.09 Å². The largest absolute Gasteiger partial charge is 0.495 e. The van der Waals surface area contributed by atoms with Crippen molar-refractivity contribution in [3.8, 4) is 11.5 Å². The van der Waals surface area contributed by atoms with E-state index in [1.165, 1.54) is 0 Å². The van der Waals surface area contributed by atoms with Crippen LogP contribution < -0.4 is 20.1 Å². The first-order chi connectivity index (χ1) is 11.6. The number of ether oxygens (including phenoxy) is 2. The van der Waals surface area contributed by atoms with Crippen LogP contribution in [0.1, 0.15) is 12.0 Å². The topological polar surface area (TPSA) is 76.7 Å². The minimum atomic E-state index is -0.595. The quantitative estimate of drug-likeness (QED) is 0.854. The second-order valence-corrected chi connectivity index (χ2v) is 5.13. The predicted octanol–water partition coefficient (Wildman–Crippen LogP) is 3.12. The second kappa shape index (κ2) is 8.57. The molecule has 0 bridgehead atoms. The lowest BCUT2D eigenvalue weighted by Gasteiger charge is -2.11. The van der Waals surface area contributed by atoms with E-state index >= 15 is 0 Å². The number of rotatable bonds is 6. The number of para-hydroxylation sites is 1. The molecule has 126 valence electrons. The SMILES string of the molecule is COc1ccc(C)cc1NC(=O)CCNC(=O)Oc1ccccc1. The number of hydrogen-bond acceptors (Lipinski definition) is 4. The Balaban J connectivity index is 1.77. The van der Waals surface area contributed by atoms with Crippen LogP contribution >= 0.6 is 0 Å². The van der Waals surface area contributed by atoms with Crippen LogP contribution in [0.4, 0.5) is 10.5 Å². The highest BCUT2D eigenvalue weighted by atomic mass is 16.6. The van der Waals surface area contributed by atoms with Gasteiger partial charge < -0.3 is 20.1 Å². The number of benzene rings is 2. The Hall–Kier alpha value is -3.02. The van der Waals surface area contributed by atoms with E-state index in [0.29, 0.717) is 17.2 Å². The molecular weight excluding hydrogens is 308 g/mol. The molecule has 0 aromatic heterocycles. The molecule has 2 aromatic carbocycles. The van der Waals surface area contributed by atoms with Crippen LogP contribution in [0, 0.1) is 6.92 Å². The third-order valence-corrected chi connectivity index (χ3v) is 3.20. The number of methoxy groups -OCH3 is 1. The van der Waals surface area contributed by atoms with Crippen LogP contribution in [0.2, 0.25) is 0 Å². The number of aryl methyl sites for hydroxylation is 1. The molecule has 0 saturated heterocycles. The molecule has 0 aliphatic rings. The first-order valence-electron chi connectivity index (χ1n) is 7.53. The van der Waals surface area contributed by atoms with Gasteiger partial charge in [0, 0.05) is 13.0 Å². The fraction of sp³-hybridized carbons (Fsp3) is 0.222. The van der Waals surface area contributed by atoms with E-state index in [4.69, 9.17) is 9.47 Å². The van der Waals surface area contributed by atoms with Gasteiger partial charge in [0.2, 0.25) is 5.91 Å². The molecule has 24 heavy (non-hydrogen) atoms. The third kappa shape index (κ3) is 5.31. The van der Waals surface area contributed by atoms with Crippen molar-refractivity contribution in [1.29, 1.82) is 0 Å². The van der Waals surface area contributed by atoms with Gasteiger partial charge in [0.1, 0.15) is 11.5 Å². The number of amides is 2. The monoisotopic (exact) mass is 328 g/mol. The normalized spacial score (nSPS) is 9.92. The van der Waals surface area contributed by atoms with Crippen molar-refractivity contribution in [2.75, 3.05) is 19.0 Å². The van der Waals surface area contributed by atoms with Gasteiger partial charge in [-0.15, -0.1) is 0 Å². The number of anilines is 1. The lowest BCUT2D eigenvalue weighted by atomic mass is 10.2. The van der Waals surface area contributed by atoms with Crippen molar-refractivity contribution in [3.63, 3.8) is 0 Å². The van der Waals surface area contributed by atoms with Crippen molar-refractivity contribution < 1.29 is 19.1 Å². The maximum atomic E-state index is 12.0. The summed E-state index contributed by atoms with van der Waals surface area (Å²) in [6.07, 6.45) is -0.469. The van der Waals surface area contributed by atoms with Crippen LogP contribution in [-0.2, 0) is 4.79 Å². The highest BCUT2D eigenvalue weighted by Gasteiger charge is 2.09. The Morgan fingerprint density at radius 1 is 1.08 bits per heavy atom. The average molecular weight is 328 g/mol.